The normalized spacial score (nSPS) is 19.7. The highest BCUT2D eigenvalue weighted by molar-refractivity contribution is 6.10. The molecule has 2 saturated heterocycles. The van der Waals surface area contributed by atoms with Gasteiger partial charge in [0.05, 0.1) is 25.5 Å². The zero-order chi connectivity index (χ0) is 22.6. The van der Waals surface area contributed by atoms with Crippen molar-refractivity contribution < 1.29 is 14.3 Å². The van der Waals surface area contributed by atoms with E-state index in [9.17, 15) is 4.79 Å². The third kappa shape index (κ3) is 4.98. The lowest BCUT2D eigenvalue weighted by molar-refractivity contribution is 0.0768. The summed E-state index contributed by atoms with van der Waals surface area (Å²) >= 11 is 0. The number of rotatable bonds is 8. The number of epoxide rings is 1. The third-order valence-corrected chi connectivity index (χ3v) is 6.50. The number of methoxy groups -OCH3 is 1. The van der Waals surface area contributed by atoms with Crippen LogP contribution in [0.3, 0.4) is 0 Å². The summed E-state index contributed by atoms with van der Waals surface area (Å²) in [5.74, 6) is 0.778. The molecule has 1 aromatic heterocycles. The topological polar surface area (TPSA) is 58.2 Å². The molecule has 0 bridgehead atoms. The van der Waals surface area contributed by atoms with Crippen molar-refractivity contribution in [2.24, 2.45) is 0 Å². The first-order valence-electron chi connectivity index (χ1n) is 11.5. The molecular weight excluding hydrogens is 414 g/mol. The van der Waals surface area contributed by atoms with Gasteiger partial charge in [-0.3, -0.25) is 19.6 Å². The molecule has 33 heavy (non-hydrogen) atoms. The van der Waals surface area contributed by atoms with Crippen molar-refractivity contribution in [2.45, 2.75) is 18.7 Å². The van der Waals surface area contributed by atoms with E-state index in [4.69, 9.17) is 9.47 Å². The van der Waals surface area contributed by atoms with E-state index in [1.807, 2.05) is 60.8 Å². The SMILES string of the molecule is COc1ccc(C(=O)c2ccccc2C(C2CO2)N2CCN(Cc3ccccn3)CC2)cc1. The Balaban J connectivity index is 1.34. The van der Waals surface area contributed by atoms with Crippen molar-refractivity contribution in [2.75, 3.05) is 39.9 Å². The predicted octanol–water partition coefficient (Wildman–Crippen LogP) is 3.58. The van der Waals surface area contributed by atoms with Gasteiger partial charge in [-0.1, -0.05) is 30.3 Å². The molecule has 0 saturated carbocycles. The fourth-order valence-electron chi connectivity index (χ4n) is 4.65. The molecule has 0 amide bonds. The van der Waals surface area contributed by atoms with Crippen LogP contribution in [-0.2, 0) is 11.3 Å². The van der Waals surface area contributed by atoms with Gasteiger partial charge >= 0.3 is 0 Å². The Labute approximate surface area is 194 Å². The first kappa shape index (κ1) is 21.8. The Morgan fingerprint density at radius 2 is 1.76 bits per heavy atom. The molecule has 3 aromatic rings. The fourth-order valence-corrected chi connectivity index (χ4v) is 4.65. The molecule has 0 N–H and O–H groups in total. The van der Waals surface area contributed by atoms with E-state index >= 15 is 0 Å². The molecule has 170 valence electrons. The zero-order valence-corrected chi connectivity index (χ0v) is 18.9. The number of piperazine rings is 1. The number of aromatic nitrogens is 1. The Bertz CT molecular complexity index is 1080. The van der Waals surface area contributed by atoms with Gasteiger partial charge in [0.25, 0.3) is 0 Å². The first-order valence-corrected chi connectivity index (χ1v) is 11.5. The summed E-state index contributed by atoms with van der Waals surface area (Å²) in [7, 11) is 1.63. The van der Waals surface area contributed by atoms with Crippen molar-refractivity contribution in [1.82, 2.24) is 14.8 Å². The average molecular weight is 444 g/mol. The van der Waals surface area contributed by atoms with Gasteiger partial charge in [0.2, 0.25) is 0 Å². The van der Waals surface area contributed by atoms with Crippen LogP contribution in [0.4, 0.5) is 0 Å². The molecule has 2 aliphatic rings. The summed E-state index contributed by atoms with van der Waals surface area (Å²) in [6, 6.07) is 21.5. The number of carbonyl (C=O) groups excluding carboxylic acids is 1. The lowest BCUT2D eigenvalue weighted by Crippen LogP contribution is -2.48. The maximum absolute atomic E-state index is 13.4. The van der Waals surface area contributed by atoms with Gasteiger partial charge in [0, 0.05) is 50.0 Å². The lowest BCUT2D eigenvalue weighted by Gasteiger charge is -2.39. The van der Waals surface area contributed by atoms with Gasteiger partial charge in [-0.05, 0) is 42.0 Å². The van der Waals surface area contributed by atoms with Crippen molar-refractivity contribution in [3.8, 4) is 5.75 Å². The molecule has 0 spiro atoms. The minimum atomic E-state index is 0.0349. The van der Waals surface area contributed by atoms with Crippen LogP contribution in [0.15, 0.2) is 72.9 Å². The summed E-state index contributed by atoms with van der Waals surface area (Å²) in [5, 5.41) is 0. The van der Waals surface area contributed by atoms with Crippen LogP contribution in [0.2, 0.25) is 0 Å². The highest BCUT2D eigenvalue weighted by atomic mass is 16.6. The molecule has 2 aromatic carbocycles. The highest BCUT2D eigenvalue weighted by Crippen LogP contribution is 2.36. The van der Waals surface area contributed by atoms with E-state index in [-0.39, 0.29) is 17.9 Å². The van der Waals surface area contributed by atoms with Gasteiger partial charge < -0.3 is 9.47 Å². The fraction of sp³-hybridized carbons (Fsp3) is 0.333. The van der Waals surface area contributed by atoms with Crippen LogP contribution in [0.5, 0.6) is 5.75 Å². The van der Waals surface area contributed by atoms with Crippen LogP contribution < -0.4 is 4.74 Å². The van der Waals surface area contributed by atoms with Crippen LogP contribution in [0, 0.1) is 0 Å². The Hall–Kier alpha value is -3.06. The largest absolute Gasteiger partial charge is 0.497 e. The Morgan fingerprint density at radius 1 is 1.03 bits per heavy atom. The molecule has 5 rings (SSSR count). The molecule has 0 aliphatic carbocycles. The summed E-state index contributed by atoms with van der Waals surface area (Å²) < 4.78 is 11.0. The molecular formula is C27H29N3O3. The first-order chi connectivity index (χ1) is 16.2. The van der Waals surface area contributed by atoms with Crippen LogP contribution >= 0.6 is 0 Å². The van der Waals surface area contributed by atoms with Crippen molar-refractivity contribution in [1.29, 1.82) is 0 Å². The number of ketones is 1. The summed E-state index contributed by atoms with van der Waals surface area (Å²) in [6.45, 7) is 5.41. The molecule has 2 atom stereocenters. The van der Waals surface area contributed by atoms with Gasteiger partial charge in [0.1, 0.15) is 11.9 Å². The van der Waals surface area contributed by atoms with Gasteiger partial charge in [-0.2, -0.15) is 0 Å². The lowest BCUT2D eigenvalue weighted by atomic mass is 9.91. The van der Waals surface area contributed by atoms with Crippen LogP contribution in [0.25, 0.3) is 0 Å². The highest BCUT2D eigenvalue weighted by Gasteiger charge is 2.40. The standard InChI is InChI=1S/C27H29N3O3/c1-32-22-11-9-20(10-12-22)27(31)24-8-3-2-7-23(24)26(25-19-33-25)30-16-14-29(15-17-30)18-21-6-4-5-13-28-21/h2-13,25-26H,14-19H2,1H3. The second-order valence-electron chi connectivity index (χ2n) is 8.59. The smallest absolute Gasteiger partial charge is 0.193 e. The van der Waals surface area contributed by atoms with E-state index < -0.39 is 0 Å². The number of nitrogens with zero attached hydrogens (tertiary/aromatic N) is 3. The maximum atomic E-state index is 13.4. The quantitative estimate of drug-likeness (QED) is 0.392. The molecule has 2 unspecified atom stereocenters. The van der Waals surface area contributed by atoms with Crippen molar-refractivity contribution in [3.05, 3.63) is 95.3 Å². The average Bonchev–Trinajstić information content (AvgIpc) is 3.71. The molecule has 2 fully saturated rings. The number of benzene rings is 2. The monoisotopic (exact) mass is 443 g/mol. The number of pyridine rings is 1. The Kier molecular flexibility index (Phi) is 6.48. The summed E-state index contributed by atoms with van der Waals surface area (Å²) in [5.41, 5.74) is 3.57. The van der Waals surface area contributed by atoms with E-state index in [1.54, 1.807) is 7.11 Å². The number of carbonyl (C=O) groups is 1. The molecule has 6 nitrogen and oxygen atoms in total. The number of hydrogen-bond acceptors (Lipinski definition) is 6. The molecule has 3 heterocycles. The zero-order valence-electron chi connectivity index (χ0n) is 18.9. The minimum absolute atomic E-state index is 0.0349. The molecule has 6 heteroatoms. The van der Waals surface area contributed by atoms with Gasteiger partial charge in [0.15, 0.2) is 5.78 Å². The Morgan fingerprint density at radius 3 is 2.42 bits per heavy atom. The van der Waals surface area contributed by atoms with E-state index in [1.165, 1.54) is 0 Å². The minimum Gasteiger partial charge on any atom is -0.497 e. The van der Waals surface area contributed by atoms with Crippen LogP contribution in [0.1, 0.15) is 33.2 Å². The van der Waals surface area contributed by atoms with Crippen LogP contribution in [-0.4, -0.2) is 66.6 Å². The van der Waals surface area contributed by atoms with E-state index in [0.29, 0.717) is 5.56 Å². The second kappa shape index (κ2) is 9.83. The van der Waals surface area contributed by atoms with Gasteiger partial charge in [-0.15, -0.1) is 0 Å². The van der Waals surface area contributed by atoms with E-state index in [0.717, 1.165) is 61.9 Å². The molecule has 2 aliphatic heterocycles. The van der Waals surface area contributed by atoms with Gasteiger partial charge in [-0.25, -0.2) is 0 Å². The molecule has 0 radical (unpaired) electrons. The van der Waals surface area contributed by atoms with Crippen molar-refractivity contribution >= 4 is 5.78 Å². The predicted molar refractivity (Wildman–Crippen MR) is 126 cm³/mol. The summed E-state index contributed by atoms with van der Waals surface area (Å²) in [6.07, 6.45) is 1.99. The van der Waals surface area contributed by atoms with Crippen molar-refractivity contribution in [3.63, 3.8) is 0 Å². The third-order valence-electron chi connectivity index (χ3n) is 6.50. The van der Waals surface area contributed by atoms with E-state index in [2.05, 4.69) is 26.9 Å². The maximum Gasteiger partial charge on any atom is 0.193 e. The number of hydrogen-bond donors (Lipinski definition) is 0. The summed E-state index contributed by atoms with van der Waals surface area (Å²) in [4.78, 5) is 22.8. The second-order valence-corrected chi connectivity index (χ2v) is 8.59. The number of ether oxygens (including phenoxy) is 2.